The Morgan fingerprint density at radius 1 is 0.277 bits per heavy atom. The van der Waals surface area contributed by atoms with Crippen molar-refractivity contribution in [3.8, 4) is 0 Å². The van der Waals surface area contributed by atoms with E-state index in [1.807, 2.05) is 0 Å². The van der Waals surface area contributed by atoms with Gasteiger partial charge in [0.25, 0.3) is 0 Å². The molecule has 0 aliphatic rings. The summed E-state index contributed by atoms with van der Waals surface area (Å²) in [4.78, 5) is 12.0. The lowest BCUT2D eigenvalue weighted by Crippen LogP contribution is -2.05. The summed E-state index contributed by atoms with van der Waals surface area (Å²) < 4.78 is 5.46. The second-order valence-electron chi connectivity index (χ2n) is 15.4. The quantitative estimate of drug-likeness (QED) is 0.0480. The summed E-state index contributed by atoms with van der Waals surface area (Å²) >= 11 is 0. The summed E-state index contributed by atoms with van der Waals surface area (Å²) in [6, 6.07) is 0. The SMILES string of the molecule is CCCCCCCCCCCCCCCCCCCCCCCCCCCCCCOC(=O)CCCCCCCCCCCCCC. The van der Waals surface area contributed by atoms with E-state index in [4.69, 9.17) is 4.74 Å². The number of carbonyl (C=O) groups excluding carboxylic acids is 1. The van der Waals surface area contributed by atoms with Gasteiger partial charge in [-0.2, -0.15) is 0 Å². The molecule has 47 heavy (non-hydrogen) atoms. The van der Waals surface area contributed by atoms with Crippen molar-refractivity contribution in [1.29, 1.82) is 0 Å². The molecule has 0 saturated carbocycles. The Labute approximate surface area is 298 Å². The van der Waals surface area contributed by atoms with Gasteiger partial charge in [0.1, 0.15) is 0 Å². The molecule has 0 saturated heterocycles. The Balaban J connectivity index is 3.12. The van der Waals surface area contributed by atoms with E-state index in [0.717, 1.165) is 12.8 Å². The molecule has 282 valence electrons. The zero-order chi connectivity index (χ0) is 34.0. The van der Waals surface area contributed by atoms with Crippen molar-refractivity contribution in [2.45, 2.75) is 277 Å². The highest BCUT2D eigenvalue weighted by Crippen LogP contribution is 2.17. The fourth-order valence-electron chi connectivity index (χ4n) is 7.14. The maximum Gasteiger partial charge on any atom is 0.305 e. The first-order chi connectivity index (χ1) is 23.3. The first-order valence-corrected chi connectivity index (χ1v) is 22.5. The van der Waals surface area contributed by atoms with Crippen LogP contribution in [0.1, 0.15) is 277 Å². The summed E-state index contributed by atoms with van der Waals surface area (Å²) in [7, 11) is 0. The Hall–Kier alpha value is -0.530. The molecular weight excluding hydrogens is 572 g/mol. The van der Waals surface area contributed by atoms with Crippen molar-refractivity contribution < 1.29 is 9.53 Å². The minimum Gasteiger partial charge on any atom is -0.466 e. The predicted octanol–water partition coefficient (Wildman–Crippen LogP) is 16.6. The van der Waals surface area contributed by atoms with Gasteiger partial charge in [-0.1, -0.05) is 258 Å². The first kappa shape index (κ1) is 46.5. The van der Waals surface area contributed by atoms with Gasteiger partial charge in [0.2, 0.25) is 0 Å². The lowest BCUT2D eigenvalue weighted by molar-refractivity contribution is -0.143. The number of esters is 1. The Kier molecular flexibility index (Phi) is 43.0. The highest BCUT2D eigenvalue weighted by atomic mass is 16.5. The normalized spacial score (nSPS) is 11.4. The predicted molar refractivity (Wildman–Crippen MR) is 212 cm³/mol. The number of unbranched alkanes of at least 4 members (excludes halogenated alkanes) is 38. The van der Waals surface area contributed by atoms with E-state index in [1.165, 1.54) is 244 Å². The van der Waals surface area contributed by atoms with Gasteiger partial charge in [0, 0.05) is 6.42 Å². The van der Waals surface area contributed by atoms with Crippen LogP contribution < -0.4 is 0 Å². The molecule has 0 fully saturated rings. The Morgan fingerprint density at radius 3 is 0.702 bits per heavy atom. The average molecular weight is 663 g/mol. The van der Waals surface area contributed by atoms with Crippen LogP contribution in [0.4, 0.5) is 0 Å². The molecular formula is C45H90O2. The molecule has 0 N–H and O–H groups in total. The molecule has 0 aliphatic heterocycles. The molecule has 2 heteroatoms. The van der Waals surface area contributed by atoms with E-state index in [0.29, 0.717) is 13.0 Å². The molecule has 0 bridgehead atoms. The second kappa shape index (κ2) is 43.5. The molecule has 0 aromatic heterocycles. The zero-order valence-corrected chi connectivity index (χ0v) is 33.0. The number of hydrogen-bond donors (Lipinski definition) is 0. The van der Waals surface area contributed by atoms with E-state index in [-0.39, 0.29) is 5.97 Å². The summed E-state index contributed by atoms with van der Waals surface area (Å²) in [5.41, 5.74) is 0. The van der Waals surface area contributed by atoms with E-state index in [1.54, 1.807) is 0 Å². The fourth-order valence-corrected chi connectivity index (χ4v) is 7.14. The highest BCUT2D eigenvalue weighted by Gasteiger charge is 2.03. The van der Waals surface area contributed by atoms with Crippen molar-refractivity contribution in [2.24, 2.45) is 0 Å². The van der Waals surface area contributed by atoms with Gasteiger partial charge in [-0.25, -0.2) is 0 Å². The fraction of sp³-hybridized carbons (Fsp3) is 0.978. The topological polar surface area (TPSA) is 26.3 Å². The maximum absolute atomic E-state index is 12.0. The lowest BCUT2D eigenvalue weighted by Gasteiger charge is -2.06. The van der Waals surface area contributed by atoms with Gasteiger partial charge >= 0.3 is 5.97 Å². The third-order valence-corrected chi connectivity index (χ3v) is 10.5. The van der Waals surface area contributed by atoms with Crippen molar-refractivity contribution >= 4 is 5.97 Å². The molecule has 2 nitrogen and oxygen atoms in total. The Bertz CT molecular complexity index is 558. The van der Waals surface area contributed by atoms with Gasteiger partial charge in [0.05, 0.1) is 6.61 Å². The maximum atomic E-state index is 12.0. The van der Waals surface area contributed by atoms with Gasteiger partial charge in [-0.15, -0.1) is 0 Å². The van der Waals surface area contributed by atoms with Crippen LogP contribution in [-0.2, 0) is 9.53 Å². The molecule has 0 spiro atoms. The van der Waals surface area contributed by atoms with Gasteiger partial charge in [0.15, 0.2) is 0 Å². The van der Waals surface area contributed by atoms with Crippen molar-refractivity contribution in [3.63, 3.8) is 0 Å². The third-order valence-electron chi connectivity index (χ3n) is 10.5. The molecule has 0 amide bonds. The van der Waals surface area contributed by atoms with E-state index in [9.17, 15) is 4.79 Å². The molecule has 0 aromatic carbocycles. The monoisotopic (exact) mass is 663 g/mol. The number of carbonyl (C=O) groups is 1. The number of rotatable bonds is 42. The van der Waals surface area contributed by atoms with Crippen LogP contribution in [0, 0.1) is 0 Å². The lowest BCUT2D eigenvalue weighted by atomic mass is 10.0. The first-order valence-electron chi connectivity index (χ1n) is 22.5. The smallest absolute Gasteiger partial charge is 0.305 e. The summed E-state index contributed by atoms with van der Waals surface area (Å²) in [5.74, 6) is 0.0297. The van der Waals surface area contributed by atoms with Gasteiger partial charge in [-0.3, -0.25) is 4.79 Å². The van der Waals surface area contributed by atoms with Gasteiger partial charge < -0.3 is 4.74 Å². The van der Waals surface area contributed by atoms with Crippen LogP contribution in [0.25, 0.3) is 0 Å². The number of ether oxygens (including phenoxy) is 1. The van der Waals surface area contributed by atoms with Crippen molar-refractivity contribution in [3.05, 3.63) is 0 Å². The largest absolute Gasteiger partial charge is 0.466 e. The van der Waals surface area contributed by atoms with Crippen LogP contribution in [0.5, 0.6) is 0 Å². The zero-order valence-electron chi connectivity index (χ0n) is 33.0. The highest BCUT2D eigenvalue weighted by molar-refractivity contribution is 5.69. The van der Waals surface area contributed by atoms with E-state index >= 15 is 0 Å². The average Bonchev–Trinajstić information content (AvgIpc) is 3.08. The molecule has 0 rings (SSSR count). The Morgan fingerprint density at radius 2 is 0.468 bits per heavy atom. The molecule has 0 atom stereocenters. The molecule has 0 unspecified atom stereocenters. The summed E-state index contributed by atoms with van der Waals surface area (Å²) in [6.45, 7) is 5.22. The van der Waals surface area contributed by atoms with E-state index in [2.05, 4.69) is 13.8 Å². The molecule has 0 aromatic rings. The third kappa shape index (κ3) is 43.4. The second-order valence-corrected chi connectivity index (χ2v) is 15.4. The minimum atomic E-state index is 0.0297. The van der Waals surface area contributed by atoms with Crippen LogP contribution in [0.3, 0.4) is 0 Å². The van der Waals surface area contributed by atoms with E-state index < -0.39 is 0 Å². The minimum absolute atomic E-state index is 0.0297. The molecule has 0 heterocycles. The summed E-state index contributed by atoms with van der Waals surface area (Å²) in [5, 5.41) is 0. The van der Waals surface area contributed by atoms with Crippen molar-refractivity contribution in [2.75, 3.05) is 6.61 Å². The van der Waals surface area contributed by atoms with Crippen LogP contribution in [0.15, 0.2) is 0 Å². The van der Waals surface area contributed by atoms with Crippen molar-refractivity contribution in [1.82, 2.24) is 0 Å². The van der Waals surface area contributed by atoms with Crippen LogP contribution >= 0.6 is 0 Å². The molecule has 0 radical (unpaired) electrons. The number of hydrogen-bond acceptors (Lipinski definition) is 2. The van der Waals surface area contributed by atoms with Gasteiger partial charge in [-0.05, 0) is 12.8 Å². The van der Waals surface area contributed by atoms with Crippen LogP contribution in [-0.4, -0.2) is 12.6 Å². The molecule has 0 aliphatic carbocycles. The standard InChI is InChI=1S/C45H90O2/c1-3-5-7-9-11-13-15-17-18-19-20-21-22-23-24-25-26-27-28-29-30-31-32-34-36-38-40-42-44-47-45(46)43-41-39-37-35-33-16-14-12-10-8-6-4-2/h3-44H2,1-2H3. The van der Waals surface area contributed by atoms with Crippen LogP contribution in [0.2, 0.25) is 0 Å². The summed E-state index contributed by atoms with van der Waals surface area (Å²) in [6.07, 6.45) is 56.5.